The molecule has 0 fully saturated rings. The Labute approximate surface area is 120 Å². The topological polar surface area (TPSA) is 49.4 Å². The van der Waals surface area contributed by atoms with Crippen LogP contribution in [-0.4, -0.2) is 32.4 Å². The van der Waals surface area contributed by atoms with Crippen LogP contribution >= 0.6 is 11.3 Å². The summed E-state index contributed by atoms with van der Waals surface area (Å²) in [6.45, 7) is 9.10. The number of rotatable bonds is 7. The molecule has 0 bridgehead atoms. The second-order valence-electron chi connectivity index (χ2n) is 5.03. The van der Waals surface area contributed by atoms with Crippen LogP contribution in [0.1, 0.15) is 37.6 Å². The first-order chi connectivity index (χ1) is 8.80. The molecule has 0 atom stereocenters. The second kappa shape index (κ2) is 6.83. The average molecular weight is 304 g/mol. The van der Waals surface area contributed by atoms with Gasteiger partial charge in [0.2, 0.25) is 10.0 Å². The normalized spacial score (nSPS) is 12.6. The summed E-state index contributed by atoms with van der Waals surface area (Å²) in [5, 5.41) is 5.21. The van der Waals surface area contributed by atoms with E-state index in [9.17, 15) is 8.42 Å². The van der Waals surface area contributed by atoms with Crippen LogP contribution in [-0.2, 0) is 16.6 Å². The van der Waals surface area contributed by atoms with Crippen molar-refractivity contribution < 1.29 is 8.42 Å². The van der Waals surface area contributed by atoms with Gasteiger partial charge in [0, 0.05) is 31.1 Å². The maximum absolute atomic E-state index is 12.6. The minimum Gasteiger partial charge on any atom is -0.310 e. The molecule has 0 unspecified atom stereocenters. The maximum Gasteiger partial charge on any atom is 0.244 e. The van der Waals surface area contributed by atoms with Crippen LogP contribution in [0.4, 0.5) is 0 Å². The molecular formula is C13H24N2O2S2. The summed E-state index contributed by atoms with van der Waals surface area (Å²) in [6.07, 6.45) is 0.818. The van der Waals surface area contributed by atoms with E-state index < -0.39 is 10.0 Å². The fourth-order valence-corrected chi connectivity index (χ4v) is 4.81. The van der Waals surface area contributed by atoms with Crippen molar-refractivity contribution in [2.75, 3.05) is 13.6 Å². The number of nitrogens with zero attached hydrogens (tertiary/aromatic N) is 1. The predicted octanol–water partition coefficient (Wildman–Crippen LogP) is 2.59. The molecule has 0 spiro atoms. The van der Waals surface area contributed by atoms with E-state index in [2.05, 4.69) is 19.2 Å². The molecular weight excluding hydrogens is 280 g/mol. The molecule has 1 N–H and O–H groups in total. The van der Waals surface area contributed by atoms with Crippen molar-refractivity contribution >= 4 is 21.4 Å². The quantitative estimate of drug-likeness (QED) is 0.842. The van der Waals surface area contributed by atoms with Gasteiger partial charge >= 0.3 is 0 Å². The summed E-state index contributed by atoms with van der Waals surface area (Å²) >= 11 is 1.51. The van der Waals surface area contributed by atoms with Crippen LogP contribution < -0.4 is 5.32 Å². The lowest BCUT2D eigenvalue weighted by Crippen LogP contribution is -2.29. The van der Waals surface area contributed by atoms with E-state index in [-0.39, 0.29) is 0 Å². The third-order valence-electron chi connectivity index (χ3n) is 2.87. The SMILES string of the molecule is CCCN(C)S(=O)(=O)c1c(C)csc1CNC(C)C. The van der Waals surface area contributed by atoms with Crippen molar-refractivity contribution in [3.8, 4) is 0 Å². The summed E-state index contributed by atoms with van der Waals surface area (Å²) in [4.78, 5) is 1.38. The molecule has 6 heteroatoms. The summed E-state index contributed by atoms with van der Waals surface area (Å²) < 4.78 is 26.6. The van der Waals surface area contributed by atoms with Gasteiger partial charge in [-0.3, -0.25) is 0 Å². The van der Waals surface area contributed by atoms with Gasteiger partial charge in [0.15, 0.2) is 0 Å². The van der Waals surface area contributed by atoms with Crippen molar-refractivity contribution in [1.29, 1.82) is 0 Å². The maximum atomic E-state index is 12.6. The zero-order valence-corrected chi connectivity index (χ0v) is 14.0. The first-order valence-electron chi connectivity index (χ1n) is 6.57. The number of nitrogens with one attached hydrogen (secondary N) is 1. The number of hydrogen-bond donors (Lipinski definition) is 1. The summed E-state index contributed by atoms with van der Waals surface area (Å²) in [6, 6.07) is 0.339. The van der Waals surface area contributed by atoms with Gasteiger partial charge in [-0.1, -0.05) is 20.8 Å². The van der Waals surface area contributed by atoms with Crippen molar-refractivity contribution in [2.45, 2.75) is 51.6 Å². The summed E-state index contributed by atoms with van der Waals surface area (Å²) in [5.74, 6) is 0. The first-order valence-corrected chi connectivity index (χ1v) is 8.89. The molecule has 1 heterocycles. The lowest BCUT2D eigenvalue weighted by molar-refractivity contribution is 0.467. The molecule has 1 aromatic heterocycles. The molecule has 0 radical (unpaired) electrons. The fraction of sp³-hybridized carbons (Fsp3) is 0.692. The minimum atomic E-state index is -3.36. The van der Waals surface area contributed by atoms with Crippen LogP contribution in [0.3, 0.4) is 0 Å². The van der Waals surface area contributed by atoms with Gasteiger partial charge < -0.3 is 5.32 Å². The van der Waals surface area contributed by atoms with Crippen molar-refractivity contribution in [2.24, 2.45) is 0 Å². The van der Waals surface area contributed by atoms with E-state index >= 15 is 0 Å². The highest BCUT2D eigenvalue weighted by atomic mass is 32.2. The largest absolute Gasteiger partial charge is 0.310 e. The van der Waals surface area contributed by atoms with Gasteiger partial charge in [0.1, 0.15) is 4.90 Å². The number of aryl methyl sites for hydroxylation is 1. The van der Waals surface area contributed by atoms with E-state index in [4.69, 9.17) is 0 Å². The van der Waals surface area contributed by atoms with Gasteiger partial charge in [-0.05, 0) is 24.3 Å². The van der Waals surface area contributed by atoms with Gasteiger partial charge in [0.25, 0.3) is 0 Å². The molecule has 0 amide bonds. The van der Waals surface area contributed by atoms with E-state index in [1.807, 2.05) is 19.2 Å². The van der Waals surface area contributed by atoms with Gasteiger partial charge in [-0.2, -0.15) is 0 Å². The highest BCUT2D eigenvalue weighted by Crippen LogP contribution is 2.29. The van der Waals surface area contributed by atoms with E-state index in [0.29, 0.717) is 24.0 Å². The molecule has 0 saturated carbocycles. The standard InChI is InChI=1S/C13H24N2O2S2/c1-6-7-15(5)19(16,17)13-11(4)9-18-12(13)8-14-10(2)3/h9-10,14H,6-8H2,1-5H3. The third kappa shape index (κ3) is 4.02. The zero-order chi connectivity index (χ0) is 14.6. The van der Waals surface area contributed by atoms with Gasteiger partial charge in [-0.25, -0.2) is 12.7 Å². The van der Waals surface area contributed by atoms with Gasteiger partial charge in [-0.15, -0.1) is 11.3 Å². The monoisotopic (exact) mass is 304 g/mol. The second-order valence-corrected chi connectivity index (χ2v) is 7.98. The lowest BCUT2D eigenvalue weighted by atomic mass is 10.3. The third-order valence-corrected chi connectivity index (χ3v) is 6.19. The number of thiophene rings is 1. The molecule has 1 rings (SSSR count). The molecule has 0 saturated heterocycles. The van der Waals surface area contributed by atoms with Crippen LogP contribution in [0.2, 0.25) is 0 Å². The lowest BCUT2D eigenvalue weighted by Gasteiger charge is -2.18. The Bertz CT molecular complexity index is 507. The molecule has 0 aliphatic heterocycles. The van der Waals surface area contributed by atoms with Crippen LogP contribution in [0.25, 0.3) is 0 Å². The Morgan fingerprint density at radius 3 is 2.58 bits per heavy atom. The Balaban J connectivity index is 3.08. The molecule has 0 aromatic carbocycles. The van der Waals surface area contributed by atoms with E-state index in [1.54, 1.807) is 7.05 Å². The highest BCUT2D eigenvalue weighted by molar-refractivity contribution is 7.89. The summed E-state index contributed by atoms with van der Waals surface area (Å²) in [7, 11) is -1.71. The fourth-order valence-electron chi connectivity index (χ4n) is 1.84. The summed E-state index contributed by atoms with van der Waals surface area (Å²) in [5.41, 5.74) is 0.841. The smallest absolute Gasteiger partial charge is 0.244 e. The molecule has 0 aliphatic carbocycles. The van der Waals surface area contributed by atoms with Crippen molar-refractivity contribution in [3.05, 3.63) is 15.8 Å². The molecule has 0 aliphatic rings. The van der Waals surface area contributed by atoms with Crippen molar-refractivity contribution in [3.63, 3.8) is 0 Å². The first kappa shape index (κ1) is 16.6. The van der Waals surface area contributed by atoms with E-state index in [1.165, 1.54) is 15.6 Å². The Hall–Kier alpha value is -0.430. The van der Waals surface area contributed by atoms with Crippen molar-refractivity contribution in [1.82, 2.24) is 9.62 Å². The molecule has 19 heavy (non-hydrogen) atoms. The predicted molar refractivity (Wildman–Crippen MR) is 81.1 cm³/mol. The Morgan fingerprint density at radius 1 is 1.42 bits per heavy atom. The van der Waals surface area contributed by atoms with Gasteiger partial charge in [0.05, 0.1) is 0 Å². The van der Waals surface area contributed by atoms with Crippen LogP contribution in [0.15, 0.2) is 10.3 Å². The van der Waals surface area contributed by atoms with E-state index in [0.717, 1.165) is 16.9 Å². The molecule has 110 valence electrons. The zero-order valence-electron chi connectivity index (χ0n) is 12.4. The highest BCUT2D eigenvalue weighted by Gasteiger charge is 2.26. The van der Waals surface area contributed by atoms with Crippen LogP contribution in [0.5, 0.6) is 0 Å². The number of hydrogen-bond acceptors (Lipinski definition) is 4. The van der Waals surface area contributed by atoms with Crippen LogP contribution in [0, 0.1) is 6.92 Å². The average Bonchev–Trinajstić information content (AvgIpc) is 2.68. The molecule has 4 nitrogen and oxygen atoms in total. The Morgan fingerprint density at radius 2 is 2.05 bits per heavy atom. The molecule has 1 aromatic rings. The Kier molecular flexibility index (Phi) is 5.98. The number of sulfonamides is 1. The minimum absolute atomic E-state index is 0.339.